The van der Waals surface area contributed by atoms with Crippen molar-refractivity contribution in [2.75, 3.05) is 13.6 Å². The monoisotopic (exact) mass is 258 g/mol. The van der Waals surface area contributed by atoms with Crippen molar-refractivity contribution in [2.45, 2.75) is 13.0 Å². The molecule has 0 aromatic carbocycles. The lowest BCUT2D eigenvalue weighted by molar-refractivity contribution is 0.338. The zero-order valence-corrected chi connectivity index (χ0v) is 9.86. The molecule has 0 aliphatic heterocycles. The Hall–Kier alpha value is -0.370. The number of hydrogen-bond donors (Lipinski definition) is 0. The Morgan fingerprint density at radius 2 is 2.46 bits per heavy atom. The van der Waals surface area contributed by atoms with Crippen molar-refractivity contribution in [3.8, 4) is 6.07 Å². The molecule has 0 atom stereocenters. The standard InChI is InChI=1S/C9H11BrN2S/c1-12(4-2-3-11)6-9-5-8(10)7-13-9/h5,7H,2,4,6H2,1H3. The van der Waals surface area contributed by atoms with Crippen LogP contribution >= 0.6 is 27.3 Å². The first-order valence-corrected chi connectivity index (χ1v) is 5.68. The Bertz CT molecular complexity index is 303. The molecule has 4 heteroatoms. The van der Waals surface area contributed by atoms with Crippen molar-refractivity contribution in [3.63, 3.8) is 0 Å². The van der Waals surface area contributed by atoms with Crippen LogP contribution in [0.25, 0.3) is 0 Å². The predicted molar refractivity (Wildman–Crippen MR) is 58.6 cm³/mol. The molecule has 1 heterocycles. The van der Waals surface area contributed by atoms with E-state index in [2.05, 4.69) is 38.3 Å². The quantitative estimate of drug-likeness (QED) is 0.831. The molecule has 2 nitrogen and oxygen atoms in total. The summed E-state index contributed by atoms with van der Waals surface area (Å²) in [6.45, 7) is 1.77. The Balaban J connectivity index is 2.37. The van der Waals surface area contributed by atoms with E-state index in [1.165, 1.54) is 4.88 Å². The van der Waals surface area contributed by atoms with Gasteiger partial charge >= 0.3 is 0 Å². The lowest BCUT2D eigenvalue weighted by Crippen LogP contribution is -2.17. The molecule has 0 spiro atoms. The van der Waals surface area contributed by atoms with Crippen molar-refractivity contribution in [1.82, 2.24) is 4.90 Å². The second kappa shape index (κ2) is 5.38. The second-order valence-electron chi connectivity index (χ2n) is 2.88. The highest BCUT2D eigenvalue weighted by Crippen LogP contribution is 2.20. The fourth-order valence-electron chi connectivity index (χ4n) is 1.02. The van der Waals surface area contributed by atoms with Gasteiger partial charge in [0.1, 0.15) is 0 Å². The van der Waals surface area contributed by atoms with Crippen LogP contribution in [0.1, 0.15) is 11.3 Å². The maximum absolute atomic E-state index is 8.40. The van der Waals surface area contributed by atoms with E-state index in [4.69, 9.17) is 5.26 Å². The van der Waals surface area contributed by atoms with Crippen molar-refractivity contribution >= 4 is 27.3 Å². The van der Waals surface area contributed by atoms with E-state index in [9.17, 15) is 0 Å². The van der Waals surface area contributed by atoms with E-state index in [0.29, 0.717) is 6.42 Å². The SMILES string of the molecule is CN(CCC#N)Cc1cc(Br)cs1. The van der Waals surface area contributed by atoms with Gasteiger partial charge in [-0.25, -0.2) is 0 Å². The van der Waals surface area contributed by atoms with E-state index < -0.39 is 0 Å². The molecule has 70 valence electrons. The molecule has 0 N–H and O–H groups in total. The van der Waals surface area contributed by atoms with Crippen LogP contribution in [0.4, 0.5) is 0 Å². The predicted octanol–water partition coefficient (Wildman–Crippen LogP) is 2.86. The number of halogens is 1. The summed E-state index contributed by atoms with van der Waals surface area (Å²) in [5.74, 6) is 0. The van der Waals surface area contributed by atoms with E-state index >= 15 is 0 Å². The lowest BCUT2D eigenvalue weighted by Gasteiger charge is -2.12. The number of nitrogens with zero attached hydrogens (tertiary/aromatic N) is 2. The number of hydrogen-bond acceptors (Lipinski definition) is 3. The summed E-state index contributed by atoms with van der Waals surface area (Å²) < 4.78 is 1.14. The van der Waals surface area contributed by atoms with Crippen LogP contribution in [0.2, 0.25) is 0 Å². The highest BCUT2D eigenvalue weighted by molar-refractivity contribution is 9.10. The minimum absolute atomic E-state index is 0.600. The van der Waals surface area contributed by atoms with E-state index in [1.807, 2.05) is 7.05 Å². The Morgan fingerprint density at radius 3 is 3.00 bits per heavy atom. The minimum Gasteiger partial charge on any atom is -0.300 e. The maximum atomic E-state index is 8.40. The smallest absolute Gasteiger partial charge is 0.0635 e. The average molecular weight is 259 g/mol. The second-order valence-corrected chi connectivity index (χ2v) is 4.79. The minimum atomic E-state index is 0.600. The van der Waals surface area contributed by atoms with Gasteiger partial charge in [-0.1, -0.05) is 0 Å². The molecule has 13 heavy (non-hydrogen) atoms. The molecule has 0 saturated carbocycles. The fraction of sp³-hybridized carbons (Fsp3) is 0.444. The third kappa shape index (κ3) is 3.90. The van der Waals surface area contributed by atoms with Crippen LogP contribution < -0.4 is 0 Å². The molecule has 0 bridgehead atoms. The highest BCUT2D eigenvalue weighted by Gasteiger charge is 2.01. The number of nitriles is 1. The molecular weight excluding hydrogens is 248 g/mol. The number of rotatable bonds is 4. The summed E-state index contributed by atoms with van der Waals surface area (Å²) in [7, 11) is 2.03. The molecule has 0 saturated heterocycles. The van der Waals surface area contributed by atoms with Gasteiger partial charge in [-0.3, -0.25) is 0 Å². The summed E-state index contributed by atoms with van der Waals surface area (Å²) in [4.78, 5) is 3.48. The van der Waals surface area contributed by atoms with Gasteiger partial charge in [0, 0.05) is 34.2 Å². The zero-order valence-electron chi connectivity index (χ0n) is 7.46. The van der Waals surface area contributed by atoms with Crippen LogP contribution in [-0.2, 0) is 6.54 Å². The zero-order chi connectivity index (χ0) is 9.68. The molecule has 0 amide bonds. The van der Waals surface area contributed by atoms with E-state index in [1.54, 1.807) is 11.3 Å². The van der Waals surface area contributed by atoms with Gasteiger partial charge < -0.3 is 4.90 Å². The summed E-state index contributed by atoms with van der Waals surface area (Å²) in [5.41, 5.74) is 0. The summed E-state index contributed by atoms with van der Waals surface area (Å²) in [5, 5.41) is 10.5. The first kappa shape index (κ1) is 10.7. The normalized spacial score (nSPS) is 10.3. The van der Waals surface area contributed by atoms with Gasteiger partial charge in [-0.05, 0) is 29.0 Å². The lowest BCUT2D eigenvalue weighted by atomic mass is 10.4. The maximum Gasteiger partial charge on any atom is 0.0635 e. The Labute approximate surface area is 90.9 Å². The van der Waals surface area contributed by atoms with Crippen LogP contribution in [0.5, 0.6) is 0 Å². The molecule has 0 radical (unpaired) electrons. The van der Waals surface area contributed by atoms with E-state index in [-0.39, 0.29) is 0 Å². The topological polar surface area (TPSA) is 27.0 Å². The van der Waals surface area contributed by atoms with Gasteiger partial charge in [0.25, 0.3) is 0 Å². The van der Waals surface area contributed by atoms with Gasteiger partial charge in [-0.15, -0.1) is 11.3 Å². The largest absolute Gasteiger partial charge is 0.300 e. The van der Waals surface area contributed by atoms with Gasteiger partial charge in [0.2, 0.25) is 0 Å². The van der Waals surface area contributed by atoms with Crippen molar-refractivity contribution in [1.29, 1.82) is 5.26 Å². The third-order valence-corrected chi connectivity index (χ3v) is 3.34. The van der Waals surface area contributed by atoms with Crippen molar-refractivity contribution < 1.29 is 0 Å². The molecule has 0 aliphatic carbocycles. The molecule has 1 aromatic heterocycles. The van der Waals surface area contributed by atoms with Crippen molar-refractivity contribution in [3.05, 3.63) is 20.8 Å². The molecule has 1 rings (SSSR count). The first-order chi connectivity index (χ1) is 6.22. The molecule has 0 aliphatic rings. The van der Waals surface area contributed by atoms with E-state index in [0.717, 1.165) is 17.6 Å². The highest BCUT2D eigenvalue weighted by atomic mass is 79.9. The fourth-order valence-corrected chi connectivity index (χ4v) is 2.55. The van der Waals surface area contributed by atoms with Crippen LogP contribution in [0, 0.1) is 11.3 Å². The summed E-state index contributed by atoms with van der Waals surface area (Å²) >= 11 is 5.15. The van der Waals surface area contributed by atoms with Gasteiger partial charge in [0.05, 0.1) is 6.07 Å². The molecule has 1 aromatic rings. The van der Waals surface area contributed by atoms with Crippen LogP contribution in [0.3, 0.4) is 0 Å². The van der Waals surface area contributed by atoms with Crippen LogP contribution in [0.15, 0.2) is 15.9 Å². The van der Waals surface area contributed by atoms with Crippen LogP contribution in [-0.4, -0.2) is 18.5 Å². The molecular formula is C9H11BrN2S. The number of thiophene rings is 1. The van der Waals surface area contributed by atoms with Crippen molar-refractivity contribution in [2.24, 2.45) is 0 Å². The third-order valence-electron chi connectivity index (χ3n) is 1.65. The average Bonchev–Trinajstić information content (AvgIpc) is 2.48. The molecule has 0 unspecified atom stereocenters. The Kier molecular flexibility index (Phi) is 4.43. The molecule has 0 fully saturated rings. The summed E-state index contributed by atoms with van der Waals surface area (Å²) in [6, 6.07) is 4.26. The first-order valence-electron chi connectivity index (χ1n) is 4.01. The van der Waals surface area contributed by atoms with Gasteiger partial charge in [-0.2, -0.15) is 5.26 Å². The Morgan fingerprint density at radius 1 is 1.69 bits per heavy atom. The van der Waals surface area contributed by atoms with Gasteiger partial charge in [0.15, 0.2) is 0 Å². The summed E-state index contributed by atoms with van der Waals surface area (Å²) in [6.07, 6.45) is 0.600.